The van der Waals surface area contributed by atoms with E-state index in [-0.39, 0.29) is 19.0 Å². The lowest BCUT2D eigenvalue weighted by molar-refractivity contribution is -0.903. The molecule has 15 heteroatoms. The van der Waals surface area contributed by atoms with Crippen LogP contribution < -0.4 is 30.7 Å². The van der Waals surface area contributed by atoms with Crippen molar-refractivity contribution in [3.05, 3.63) is 137 Å². The highest BCUT2D eigenvalue weighted by atomic mass is 32.1. The number of carbonyl (C=O) groups excluding carboxylic acids is 1. The third-order valence-corrected chi connectivity index (χ3v) is 14.7. The summed E-state index contributed by atoms with van der Waals surface area (Å²) in [6.45, 7) is 4.08. The van der Waals surface area contributed by atoms with Crippen molar-refractivity contribution < 1.29 is 47.1 Å². The number of phosphoric acid groups is 1. The summed E-state index contributed by atoms with van der Waals surface area (Å²) in [6.07, 6.45) is 20.2. The predicted molar refractivity (Wildman–Crippen MR) is 287 cm³/mol. The number of thiocarbonyl (C=S) groups is 1. The number of nitrogen functional groups attached to an aromatic ring is 1. The summed E-state index contributed by atoms with van der Waals surface area (Å²) in [5.74, 6) is 1.31. The molecule has 0 radical (unpaired) electrons. The summed E-state index contributed by atoms with van der Waals surface area (Å²) in [6, 6.07) is 30.7. The average Bonchev–Trinajstić information content (AvgIpc) is 3.63. The summed E-state index contributed by atoms with van der Waals surface area (Å²) in [7, 11) is -0.286. The van der Waals surface area contributed by atoms with Crippen molar-refractivity contribution in [2.75, 3.05) is 44.9 Å². The van der Waals surface area contributed by atoms with Crippen LogP contribution in [0.5, 0.6) is 28.7 Å². The van der Waals surface area contributed by atoms with Crippen LogP contribution in [0, 0.1) is 0 Å². The summed E-state index contributed by atoms with van der Waals surface area (Å²) < 4.78 is 42.1. The zero-order chi connectivity index (χ0) is 51.0. The standard InChI is InChI=1S/C57H73N4O9PS/c1-4-5-6-7-8-9-10-11-12-13-14-15-16-17-18-19-35-66-71(64,65)67-36-34-61(2,3)41-43-22-20-42(21-23-43)40-59-56(72)60-45-26-31-50-49(37-45)55(63)70-57(50)51-32-27-46(62)38-53(51)69-54-39-48(30-33-52(54)57)68-47-28-24-44(58)25-29-47/h20-33,37-39H,4-19,34-36,40-41,58H2,1-3H3,(H3-,59,60,62,64,65,72). The molecule has 0 amide bonds. The number of carbonyl (C=O) groups is 1. The molecule has 7 rings (SSSR count). The van der Waals surface area contributed by atoms with E-state index >= 15 is 0 Å². The van der Waals surface area contributed by atoms with E-state index in [9.17, 15) is 19.4 Å². The van der Waals surface area contributed by atoms with Crippen LogP contribution in [0.25, 0.3) is 0 Å². The number of aromatic hydroxyl groups is 1. The van der Waals surface area contributed by atoms with Gasteiger partial charge in [0.05, 0.1) is 26.3 Å². The lowest BCUT2D eigenvalue weighted by atomic mass is 9.77. The summed E-state index contributed by atoms with van der Waals surface area (Å²) in [4.78, 5) is 26.2. The number of likely N-dealkylation sites (N-methyl/N-ethyl adjacent to an activating group) is 1. The maximum absolute atomic E-state index is 13.8. The zero-order valence-electron chi connectivity index (χ0n) is 42.3. The van der Waals surface area contributed by atoms with Gasteiger partial charge in [-0.25, -0.2) is 4.79 Å². The highest BCUT2D eigenvalue weighted by Gasteiger charge is 2.53. The molecule has 2 aliphatic heterocycles. The van der Waals surface area contributed by atoms with Gasteiger partial charge in [-0.3, -0.25) is 4.57 Å². The molecule has 2 aliphatic rings. The Balaban J connectivity index is 0.816. The number of nitrogens with zero attached hydrogens (tertiary/aromatic N) is 1. The highest BCUT2D eigenvalue weighted by molar-refractivity contribution is 7.80. The molecule has 1 spiro atoms. The van der Waals surface area contributed by atoms with Gasteiger partial charge in [-0.2, -0.15) is 0 Å². The number of benzene rings is 5. The number of nitrogens with two attached hydrogens (primary N) is 1. The molecule has 386 valence electrons. The van der Waals surface area contributed by atoms with Crippen molar-refractivity contribution in [3.63, 3.8) is 0 Å². The minimum atomic E-state index is -4.36. The average molecular weight is 1020 g/mol. The second-order valence-electron chi connectivity index (χ2n) is 19.8. The first-order valence-electron chi connectivity index (χ1n) is 25.9. The van der Waals surface area contributed by atoms with Gasteiger partial charge in [-0.1, -0.05) is 134 Å². The number of phosphoric ester groups is 1. The normalized spacial score (nSPS) is 15.5. The number of quaternary nitrogens is 1. The van der Waals surface area contributed by atoms with Crippen molar-refractivity contribution in [3.8, 4) is 28.7 Å². The number of fused-ring (bicyclic) bond motifs is 6. The number of hydrogen-bond donors (Lipinski definition) is 4. The summed E-state index contributed by atoms with van der Waals surface area (Å²) >= 11 is 5.67. The molecule has 5 aromatic rings. The number of phenolic OH excluding ortho intramolecular Hbond substituents is 1. The Morgan fingerprint density at radius 1 is 0.708 bits per heavy atom. The van der Waals surface area contributed by atoms with Crippen LogP contribution in [-0.4, -0.2) is 54.5 Å². The van der Waals surface area contributed by atoms with E-state index < -0.39 is 19.4 Å². The topological polar surface area (TPSA) is 174 Å². The fourth-order valence-electron chi connectivity index (χ4n) is 9.47. The number of ether oxygens (including phenoxy) is 3. The van der Waals surface area contributed by atoms with E-state index in [0.29, 0.717) is 92.3 Å². The Hall–Kier alpha value is -5.47. The van der Waals surface area contributed by atoms with Crippen LogP contribution >= 0.6 is 20.0 Å². The van der Waals surface area contributed by atoms with Crippen molar-refractivity contribution in [1.29, 1.82) is 0 Å². The molecule has 0 bridgehead atoms. The Morgan fingerprint density at radius 2 is 1.26 bits per heavy atom. The first-order chi connectivity index (χ1) is 34.7. The number of anilines is 2. The number of nitrogens with one attached hydrogen (secondary N) is 2. The molecule has 0 saturated carbocycles. The van der Waals surface area contributed by atoms with Gasteiger partial charge in [0, 0.05) is 52.3 Å². The second kappa shape index (κ2) is 26.0. The zero-order valence-corrected chi connectivity index (χ0v) is 44.0. The van der Waals surface area contributed by atoms with Crippen LogP contribution in [0.1, 0.15) is 148 Å². The minimum Gasteiger partial charge on any atom is -0.756 e. The smallest absolute Gasteiger partial charge is 0.340 e. The number of unbranched alkanes of at least 4 members (excludes halogenated alkanes) is 15. The number of esters is 1. The van der Waals surface area contributed by atoms with Gasteiger partial charge in [0.1, 0.15) is 48.4 Å². The van der Waals surface area contributed by atoms with Gasteiger partial charge >= 0.3 is 5.97 Å². The molecule has 72 heavy (non-hydrogen) atoms. The Kier molecular flexibility index (Phi) is 19.6. The van der Waals surface area contributed by atoms with Crippen LogP contribution in [0.3, 0.4) is 0 Å². The van der Waals surface area contributed by atoms with Gasteiger partial charge < -0.3 is 54.1 Å². The molecule has 5 aromatic carbocycles. The second-order valence-corrected chi connectivity index (χ2v) is 21.6. The third-order valence-electron chi connectivity index (χ3n) is 13.4. The Bertz CT molecular complexity index is 2630. The van der Waals surface area contributed by atoms with Gasteiger partial charge in [-0.05, 0) is 84.9 Å². The van der Waals surface area contributed by atoms with E-state index in [2.05, 4.69) is 29.7 Å². The fraction of sp³-hybridized carbons (Fsp3) is 0.439. The van der Waals surface area contributed by atoms with Crippen molar-refractivity contribution in [1.82, 2.24) is 5.32 Å². The molecule has 2 unspecified atom stereocenters. The molecule has 2 atom stereocenters. The predicted octanol–water partition coefficient (Wildman–Crippen LogP) is 13.2. The van der Waals surface area contributed by atoms with E-state index in [1.54, 1.807) is 54.6 Å². The van der Waals surface area contributed by atoms with Crippen molar-refractivity contribution in [2.45, 2.75) is 128 Å². The fourth-order valence-corrected chi connectivity index (χ4v) is 10.4. The van der Waals surface area contributed by atoms with Gasteiger partial charge in [0.25, 0.3) is 7.82 Å². The lowest BCUT2D eigenvalue weighted by Crippen LogP contribution is -2.41. The van der Waals surface area contributed by atoms with E-state index in [1.807, 2.05) is 44.4 Å². The number of phenols is 1. The number of hydrogen-bond acceptors (Lipinski definition) is 11. The first kappa shape index (κ1) is 54.3. The monoisotopic (exact) mass is 1020 g/mol. The molecule has 0 saturated heterocycles. The van der Waals surface area contributed by atoms with Crippen LogP contribution in [0.15, 0.2) is 103 Å². The maximum atomic E-state index is 13.8. The maximum Gasteiger partial charge on any atom is 0.340 e. The van der Waals surface area contributed by atoms with Crippen LogP contribution in [-0.2, 0) is 37.0 Å². The van der Waals surface area contributed by atoms with Gasteiger partial charge in [0.15, 0.2) is 10.7 Å². The van der Waals surface area contributed by atoms with Crippen LogP contribution in [0.4, 0.5) is 11.4 Å². The van der Waals surface area contributed by atoms with E-state index in [1.165, 1.54) is 89.5 Å². The molecule has 0 aromatic heterocycles. The largest absolute Gasteiger partial charge is 0.756 e. The molecular formula is C57H73N4O9PS. The minimum absolute atomic E-state index is 0.000584. The molecule has 0 fully saturated rings. The summed E-state index contributed by atoms with van der Waals surface area (Å²) in [5.41, 5.74) is 9.96. The highest BCUT2D eigenvalue weighted by Crippen LogP contribution is 2.57. The van der Waals surface area contributed by atoms with Crippen LogP contribution in [0.2, 0.25) is 0 Å². The molecular weight excluding hydrogens is 948 g/mol. The molecule has 2 heterocycles. The van der Waals surface area contributed by atoms with E-state index in [0.717, 1.165) is 24.0 Å². The lowest BCUT2D eigenvalue weighted by Gasteiger charge is -2.36. The van der Waals surface area contributed by atoms with Gasteiger partial charge in [-0.15, -0.1) is 0 Å². The van der Waals surface area contributed by atoms with E-state index in [4.69, 9.17) is 41.2 Å². The molecule has 0 aliphatic carbocycles. The summed E-state index contributed by atoms with van der Waals surface area (Å²) in [5, 5.41) is 17.3. The van der Waals surface area contributed by atoms with Gasteiger partial charge in [0.2, 0.25) is 0 Å². The quantitative estimate of drug-likeness (QED) is 0.00891. The Labute approximate surface area is 431 Å². The molecule has 13 nitrogen and oxygen atoms in total. The number of rotatable bonds is 29. The first-order valence-corrected chi connectivity index (χ1v) is 27.7. The SMILES string of the molecule is CCCCCCCCCCCCCCCCCCOP(=O)([O-])OCC[N+](C)(C)Cc1ccc(CNC(=S)Nc2ccc3c(c2)C(=O)OC32c3ccc(O)cc3Oc3cc(Oc4ccc(N)cc4)ccc32)cc1. The Morgan fingerprint density at radius 3 is 1.92 bits per heavy atom. The van der Waals surface area contributed by atoms with Crippen molar-refractivity contribution in [2.24, 2.45) is 0 Å². The third kappa shape index (κ3) is 15.3. The van der Waals surface area contributed by atoms with Crippen molar-refractivity contribution >= 4 is 42.5 Å². The molecule has 5 N–H and O–H groups in total.